The highest BCUT2D eigenvalue weighted by molar-refractivity contribution is 7.14. The molecule has 0 aliphatic rings. The van der Waals surface area contributed by atoms with Crippen LogP contribution in [0.4, 0.5) is 10.8 Å². The molecule has 0 atom stereocenters. The first kappa shape index (κ1) is 18.9. The van der Waals surface area contributed by atoms with Gasteiger partial charge in [-0.3, -0.25) is 9.69 Å². The fourth-order valence-electron chi connectivity index (χ4n) is 2.58. The number of benzene rings is 2. The molecule has 6 heteroatoms. The average Bonchev–Trinajstić information content (AvgIpc) is 3.12. The molecule has 2 aromatic carbocycles. The first-order chi connectivity index (χ1) is 13.2. The van der Waals surface area contributed by atoms with Crippen molar-refractivity contribution in [2.45, 2.75) is 19.8 Å². The molecule has 1 heterocycles. The summed E-state index contributed by atoms with van der Waals surface area (Å²) in [5.41, 5.74) is 1.74. The molecule has 0 radical (unpaired) electrons. The van der Waals surface area contributed by atoms with Gasteiger partial charge in [0.15, 0.2) is 5.13 Å². The van der Waals surface area contributed by atoms with Gasteiger partial charge in [-0.25, -0.2) is 4.98 Å². The van der Waals surface area contributed by atoms with Crippen molar-refractivity contribution in [3.8, 4) is 11.5 Å². The number of methoxy groups -OCH3 is 1. The number of para-hydroxylation sites is 1. The molecule has 0 saturated carbocycles. The largest absolute Gasteiger partial charge is 0.497 e. The molecule has 0 unspecified atom stereocenters. The lowest BCUT2D eigenvalue weighted by Crippen LogP contribution is -2.26. The molecule has 0 spiro atoms. The first-order valence-electron chi connectivity index (χ1n) is 8.74. The second-order valence-corrected chi connectivity index (χ2v) is 6.80. The van der Waals surface area contributed by atoms with Gasteiger partial charge in [-0.15, -0.1) is 11.3 Å². The lowest BCUT2D eigenvalue weighted by atomic mass is 10.2. The van der Waals surface area contributed by atoms with E-state index in [4.69, 9.17) is 9.47 Å². The van der Waals surface area contributed by atoms with Crippen molar-refractivity contribution in [2.24, 2.45) is 0 Å². The van der Waals surface area contributed by atoms with Gasteiger partial charge in [0.05, 0.1) is 25.1 Å². The summed E-state index contributed by atoms with van der Waals surface area (Å²) < 4.78 is 10.8. The highest BCUT2D eigenvalue weighted by atomic mass is 32.1. The Bertz CT molecular complexity index is 863. The summed E-state index contributed by atoms with van der Waals surface area (Å²) >= 11 is 1.47. The SMILES string of the molecule is COc1ccc(OCCCC(=O)N(c2ccccc2)c2nc(C)cs2)cc1. The highest BCUT2D eigenvalue weighted by Gasteiger charge is 2.20. The van der Waals surface area contributed by atoms with Gasteiger partial charge in [0.25, 0.3) is 0 Å². The Hall–Kier alpha value is -2.86. The molecule has 0 bridgehead atoms. The van der Waals surface area contributed by atoms with E-state index in [9.17, 15) is 4.79 Å². The molecule has 0 N–H and O–H groups in total. The van der Waals surface area contributed by atoms with Crippen molar-refractivity contribution in [2.75, 3.05) is 18.6 Å². The van der Waals surface area contributed by atoms with Crippen LogP contribution >= 0.6 is 11.3 Å². The predicted octanol–water partition coefficient (Wildman–Crippen LogP) is 4.98. The Morgan fingerprint density at radius 1 is 1.07 bits per heavy atom. The third kappa shape index (κ3) is 5.08. The number of nitrogens with zero attached hydrogens (tertiary/aromatic N) is 2. The van der Waals surface area contributed by atoms with E-state index in [1.807, 2.05) is 66.9 Å². The minimum atomic E-state index is 0.00822. The summed E-state index contributed by atoms with van der Waals surface area (Å²) in [5.74, 6) is 1.56. The van der Waals surface area contributed by atoms with Crippen LogP contribution in [0.3, 0.4) is 0 Å². The molecule has 1 amide bonds. The van der Waals surface area contributed by atoms with Crippen LogP contribution in [0.2, 0.25) is 0 Å². The van der Waals surface area contributed by atoms with E-state index in [2.05, 4.69) is 4.98 Å². The maximum Gasteiger partial charge on any atom is 0.233 e. The number of carbonyl (C=O) groups is 1. The fourth-order valence-corrected chi connectivity index (χ4v) is 3.42. The van der Waals surface area contributed by atoms with E-state index in [1.165, 1.54) is 11.3 Å². The summed E-state index contributed by atoms with van der Waals surface area (Å²) in [7, 11) is 1.63. The summed E-state index contributed by atoms with van der Waals surface area (Å²) in [6, 6.07) is 17.0. The van der Waals surface area contributed by atoms with Crippen molar-refractivity contribution in [3.05, 3.63) is 65.7 Å². The minimum Gasteiger partial charge on any atom is -0.497 e. The van der Waals surface area contributed by atoms with Crippen LogP contribution in [0.15, 0.2) is 60.0 Å². The normalized spacial score (nSPS) is 10.4. The number of thiazole rings is 1. The zero-order valence-electron chi connectivity index (χ0n) is 15.4. The number of hydrogen-bond acceptors (Lipinski definition) is 5. The molecule has 140 valence electrons. The molecule has 0 saturated heterocycles. The van der Waals surface area contributed by atoms with Crippen LogP contribution in [0, 0.1) is 6.92 Å². The number of carbonyl (C=O) groups excluding carboxylic acids is 1. The van der Waals surface area contributed by atoms with Gasteiger partial charge < -0.3 is 9.47 Å². The maximum atomic E-state index is 12.9. The van der Waals surface area contributed by atoms with Gasteiger partial charge in [0.2, 0.25) is 5.91 Å². The molecule has 3 aromatic rings. The maximum absolute atomic E-state index is 12.9. The number of anilines is 2. The number of aryl methyl sites for hydroxylation is 1. The van der Waals surface area contributed by atoms with Crippen LogP contribution in [-0.2, 0) is 4.79 Å². The Balaban J connectivity index is 1.59. The second kappa shape index (κ2) is 9.19. The van der Waals surface area contributed by atoms with Crippen molar-refractivity contribution in [1.29, 1.82) is 0 Å². The van der Waals surface area contributed by atoms with Crippen LogP contribution in [-0.4, -0.2) is 24.6 Å². The van der Waals surface area contributed by atoms with Gasteiger partial charge in [0.1, 0.15) is 11.5 Å². The Morgan fingerprint density at radius 2 is 1.78 bits per heavy atom. The standard InChI is InChI=1S/C21H22N2O3S/c1-16-15-27-21(22-16)23(17-7-4-3-5-8-17)20(24)9-6-14-26-19-12-10-18(25-2)11-13-19/h3-5,7-8,10-13,15H,6,9,14H2,1-2H3. The fraction of sp³-hybridized carbons (Fsp3) is 0.238. The predicted molar refractivity (Wildman–Crippen MR) is 108 cm³/mol. The van der Waals surface area contributed by atoms with Crippen molar-refractivity contribution >= 4 is 28.1 Å². The van der Waals surface area contributed by atoms with E-state index in [-0.39, 0.29) is 5.91 Å². The van der Waals surface area contributed by atoms with E-state index >= 15 is 0 Å². The Kier molecular flexibility index (Phi) is 6.44. The topological polar surface area (TPSA) is 51.7 Å². The van der Waals surface area contributed by atoms with Gasteiger partial charge in [0, 0.05) is 11.8 Å². The number of aromatic nitrogens is 1. The van der Waals surface area contributed by atoms with Crippen molar-refractivity contribution < 1.29 is 14.3 Å². The summed E-state index contributed by atoms with van der Waals surface area (Å²) in [6.45, 7) is 2.40. The lowest BCUT2D eigenvalue weighted by Gasteiger charge is -2.20. The van der Waals surface area contributed by atoms with E-state index < -0.39 is 0 Å². The third-order valence-electron chi connectivity index (χ3n) is 3.93. The molecular weight excluding hydrogens is 360 g/mol. The zero-order valence-corrected chi connectivity index (χ0v) is 16.2. The second-order valence-electron chi connectivity index (χ2n) is 5.96. The molecule has 5 nitrogen and oxygen atoms in total. The van der Waals surface area contributed by atoms with Crippen LogP contribution < -0.4 is 14.4 Å². The zero-order chi connectivity index (χ0) is 19.1. The number of rotatable bonds is 8. The Labute approximate surface area is 163 Å². The first-order valence-corrected chi connectivity index (χ1v) is 9.62. The van der Waals surface area contributed by atoms with Crippen molar-refractivity contribution in [3.63, 3.8) is 0 Å². The molecule has 1 aromatic heterocycles. The molecule has 0 aliphatic carbocycles. The van der Waals surface area contributed by atoms with Gasteiger partial charge in [-0.2, -0.15) is 0 Å². The van der Waals surface area contributed by atoms with E-state index in [1.54, 1.807) is 12.0 Å². The molecular formula is C21H22N2O3S. The van der Waals surface area contributed by atoms with Crippen LogP contribution in [0.5, 0.6) is 11.5 Å². The molecule has 27 heavy (non-hydrogen) atoms. The van der Waals surface area contributed by atoms with Crippen LogP contribution in [0.1, 0.15) is 18.5 Å². The van der Waals surface area contributed by atoms with Crippen LogP contribution in [0.25, 0.3) is 0 Å². The molecule has 0 fully saturated rings. The minimum absolute atomic E-state index is 0.00822. The number of hydrogen-bond donors (Lipinski definition) is 0. The quantitative estimate of drug-likeness (QED) is 0.515. The summed E-state index contributed by atoms with van der Waals surface area (Å²) in [6.07, 6.45) is 1.00. The van der Waals surface area contributed by atoms with Gasteiger partial charge in [-0.05, 0) is 49.7 Å². The molecule has 0 aliphatic heterocycles. The third-order valence-corrected chi connectivity index (χ3v) is 4.87. The smallest absolute Gasteiger partial charge is 0.233 e. The molecule has 3 rings (SSSR count). The van der Waals surface area contributed by atoms with E-state index in [0.717, 1.165) is 22.9 Å². The van der Waals surface area contributed by atoms with Crippen molar-refractivity contribution in [1.82, 2.24) is 4.98 Å². The highest BCUT2D eigenvalue weighted by Crippen LogP contribution is 2.29. The number of ether oxygens (including phenoxy) is 2. The van der Waals surface area contributed by atoms with Gasteiger partial charge in [-0.1, -0.05) is 18.2 Å². The summed E-state index contributed by atoms with van der Waals surface area (Å²) in [5, 5.41) is 2.64. The summed E-state index contributed by atoms with van der Waals surface area (Å²) in [4.78, 5) is 19.0. The van der Waals surface area contributed by atoms with E-state index in [0.29, 0.717) is 24.6 Å². The van der Waals surface area contributed by atoms with Gasteiger partial charge >= 0.3 is 0 Å². The monoisotopic (exact) mass is 382 g/mol. The Morgan fingerprint density at radius 3 is 2.41 bits per heavy atom. The number of amides is 1. The lowest BCUT2D eigenvalue weighted by molar-refractivity contribution is -0.118. The average molecular weight is 382 g/mol.